The van der Waals surface area contributed by atoms with Crippen LogP contribution in [0.2, 0.25) is 0 Å². The van der Waals surface area contributed by atoms with Crippen molar-refractivity contribution in [2.45, 2.75) is 19.6 Å². The van der Waals surface area contributed by atoms with Gasteiger partial charge >= 0.3 is 0 Å². The van der Waals surface area contributed by atoms with Gasteiger partial charge in [0.2, 0.25) is 0 Å². The summed E-state index contributed by atoms with van der Waals surface area (Å²) < 4.78 is 83.5. The second kappa shape index (κ2) is 7.87. The Balaban J connectivity index is 0.00000484. The summed E-state index contributed by atoms with van der Waals surface area (Å²) in [6.07, 6.45) is 0. The van der Waals surface area contributed by atoms with E-state index in [0.29, 0.717) is 12.1 Å². The van der Waals surface area contributed by atoms with Gasteiger partial charge in [0.1, 0.15) is 9.79 Å². The van der Waals surface area contributed by atoms with E-state index in [-0.39, 0.29) is 19.5 Å². The van der Waals surface area contributed by atoms with Gasteiger partial charge in [-0.3, -0.25) is 12.5 Å². The molecule has 0 radical (unpaired) electrons. The van der Waals surface area contributed by atoms with Crippen molar-refractivity contribution >= 4 is 43.0 Å². The summed E-state index contributed by atoms with van der Waals surface area (Å²) >= 11 is 3.82. The van der Waals surface area contributed by atoms with Crippen LogP contribution in [0.1, 0.15) is 0 Å². The molecule has 1 rings (SSSR count). The van der Waals surface area contributed by atoms with Gasteiger partial charge in [-0.05, 0) is 12.1 Å². The molecule has 9 nitrogen and oxygen atoms in total. The number of thiol groups is 1. The third-order valence-corrected chi connectivity index (χ3v) is 7.13. The van der Waals surface area contributed by atoms with E-state index in [1.807, 2.05) is 0 Å². The largest absolute Gasteiger partial charge is 0.297 e. The molecule has 128 valence electrons. The molecule has 14 heteroatoms. The van der Waals surface area contributed by atoms with Gasteiger partial charge in [0.05, 0.1) is 26.2 Å². The van der Waals surface area contributed by atoms with Crippen LogP contribution in [0, 0.1) is 0 Å². The number of benzene rings is 1. The van der Waals surface area contributed by atoms with Crippen LogP contribution in [0.3, 0.4) is 0 Å². The summed E-state index contributed by atoms with van der Waals surface area (Å²) in [6.45, 7) is 0. The van der Waals surface area contributed by atoms with E-state index < -0.39 is 49.9 Å². The van der Waals surface area contributed by atoms with Gasteiger partial charge in [0, 0.05) is 24.4 Å². The van der Waals surface area contributed by atoms with Crippen LogP contribution in [0.25, 0.3) is 0 Å². The van der Waals surface area contributed by atoms with Crippen molar-refractivity contribution in [1.82, 2.24) is 0 Å². The topological polar surface area (TPSA) is 130 Å². The van der Waals surface area contributed by atoms with Crippen molar-refractivity contribution < 1.29 is 57.3 Å². The number of rotatable bonds is 6. The van der Waals surface area contributed by atoms with Gasteiger partial charge in [0.25, 0.3) is 30.4 Å². The quantitative estimate of drug-likeness (QED) is 0.355. The van der Waals surface area contributed by atoms with Crippen molar-refractivity contribution in [2.24, 2.45) is 0 Å². The molecular formula is C9H12O9S4Zn. The van der Waals surface area contributed by atoms with Crippen LogP contribution in [-0.2, 0) is 62.4 Å². The van der Waals surface area contributed by atoms with Crippen molar-refractivity contribution in [3.63, 3.8) is 0 Å². The molecule has 0 aliphatic heterocycles. The van der Waals surface area contributed by atoms with E-state index in [1.165, 1.54) is 0 Å². The Morgan fingerprint density at radius 3 is 1.30 bits per heavy atom. The molecule has 0 fully saturated rings. The predicted molar refractivity (Wildman–Crippen MR) is 76.3 cm³/mol. The van der Waals surface area contributed by atoms with Gasteiger partial charge in [-0.1, -0.05) is 0 Å². The molecule has 0 saturated carbocycles. The zero-order valence-corrected chi connectivity index (χ0v) is 18.5. The summed E-state index contributed by atoms with van der Waals surface area (Å²) in [5, 5.41) is 0. The fourth-order valence-electron chi connectivity index (χ4n) is 1.36. The van der Waals surface area contributed by atoms with Crippen LogP contribution in [0.4, 0.5) is 0 Å². The first-order chi connectivity index (χ1) is 9.93. The molecule has 0 aromatic heterocycles. The smallest absolute Gasteiger partial charge is 0.270 e. The van der Waals surface area contributed by atoms with Gasteiger partial charge < -0.3 is 0 Å². The van der Waals surface area contributed by atoms with Crippen LogP contribution >= 0.6 is 12.6 Å². The van der Waals surface area contributed by atoms with E-state index in [2.05, 4.69) is 25.2 Å². The van der Waals surface area contributed by atoms with Crippen LogP contribution in [-0.4, -0.2) is 46.6 Å². The molecule has 0 amide bonds. The van der Waals surface area contributed by atoms with E-state index in [4.69, 9.17) is 0 Å². The zero-order valence-electron chi connectivity index (χ0n) is 12.2. The minimum absolute atomic E-state index is 0. The molecule has 0 heterocycles. The molecule has 0 saturated heterocycles. The maximum absolute atomic E-state index is 11.8. The van der Waals surface area contributed by atoms with Crippen molar-refractivity contribution in [1.29, 1.82) is 0 Å². The van der Waals surface area contributed by atoms with Crippen LogP contribution < -0.4 is 0 Å². The van der Waals surface area contributed by atoms with Crippen LogP contribution in [0.15, 0.2) is 31.7 Å². The Labute approximate surface area is 152 Å². The molecule has 1 aromatic rings. The normalized spacial score (nSPS) is 12.7. The van der Waals surface area contributed by atoms with E-state index in [0.717, 1.165) is 21.3 Å². The van der Waals surface area contributed by atoms with E-state index >= 15 is 0 Å². The minimum Gasteiger partial charge on any atom is -0.270 e. The molecule has 0 N–H and O–H groups in total. The first-order valence-corrected chi connectivity index (χ1v) is 9.89. The number of hydrogen-bond acceptors (Lipinski definition) is 10. The predicted octanol–water partition coefficient (Wildman–Crippen LogP) is -0.0219. The number of hydrogen-bond donors (Lipinski definition) is 1. The van der Waals surface area contributed by atoms with Crippen molar-refractivity contribution in [3.8, 4) is 0 Å². The monoisotopic (exact) mass is 456 g/mol. The zero-order chi connectivity index (χ0) is 17.3. The first-order valence-electron chi connectivity index (χ1n) is 5.22. The minimum atomic E-state index is -4.43. The second-order valence-electron chi connectivity index (χ2n) is 3.63. The molecule has 0 bridgehead atoms. The first kappa shape index (κ1) is 22.9. The summed E-state index contributed by atoms with van der Waals surface area (Å²) in [5.41, 5.74) is 0. The fourth-order valence-corrected chi connectivity index (χ4v) is 4.69. The third kappa shape index (κ3) is 4.72. The van der Waals surface area contributed by atoms with Crippen LogP contribution in [0.5, 0.6) is 0 Å². The molecule has 0 atom stereocenters. The Hall–Kier alpha value is -0.0766. The van der Waals surface area contributed by atoms with Crippen molar-refractivity contribution in [3.05, 3.63) is 12.1 Å². The molecular weight excluding hydrogens is 446 g/mol. The van der Waals surface area contributed by atoms with Gasteiger partial charge in [-0.2, -0.15) is 25.3 Å². The van der Waals surface area contributed by atoms with Gasteiger partial charge in [-0.15, -0.1) is 12.6 Å². The molecule has 0 spiro atoms. The summed E-state index contributed by atoms with van der Waals surface area (Å²) in [6, 6.07) is 1.35. The summed E-state index contributed by atoms with van der Waals surface area (Å²) in [7, 11) is -10.7. The fraction of sp³-hybridized carbons (Fsp3) is 0.333. The standard InChI is InChI=1S/C9H12O9S4.Zn/c1-16-20(10,11)6-4-7(21(12,13)17-2)9(19)8(5-6)22(14,15)18-3;/h4-5,19H,1-3H3;. The molecule has 0 unspecified atom stereocenters. The Morgan fingerprint density at radius 2 is 1.04 bits per heavy atom. The Bertz CT molecular complexity index is 832. The summed E-state index contributed by atoms with van der Waals surface area (Å²) in [5.74, 6) is 0. The summed E-state index contributed by atoms with van der Waals surface area (Å²) in [4.78, 5) is -2.77. The molecule has 0 aliphatic rings. The van der Waals surface area contributed by atoms with Gasteiger partial charge in [-0.25, -0.2) is 0 Å². The molecule has 1 aromatic carbocycles. The SMILES string of the molecule is COS(=O)(=O)c1cc(S(=O)(=O)OC)c(S)c(S(=O)(=O)OC)c1.[Zn]. The average molecular weight is 458 g/mol. The third-order valence-electron chi connectivity index (χ3n) is 2.50. The second-order valence-corrected chi connectivity index (χ2v) is 9.15. The maximum atomic E-state index is 11.8. The molecule has 0 aliphatic carbocycles. The van der Waals surface area contributed by atoms with E-state index in [1.54, 1.807) is 0 Å². The van der Waals surface area contributed by atoms with Crippen molar-refractivity contribution in [2.75, 3.05) is 21.3 Å². The molecule has 23 heavy (non-hydrogen) atoms. The maximum Gasteiger partial charge on any atom is 0.297 e. The van der Waals surface area contributed by atoms with Gasteiger partial charge in [0.15, 0.2) is 0 Å². The van der Waals surface area contributed by atoms with E-state index in [9.17, 15) is 25.3 Å². The Kier molecular flexibility index (Phi) is 7.84. The Morgan fingerprint density at radius 1 is 0.739 bits per heavy atom. The average Bonchev–Trinajstić information content (AvgIpc) is 2.46.